The van der Waals surface area contributed by atoms with E-state index in [9.17, 15) is 0 Å². The van der Waals surface area contributed by atoms with Crippen LogP contribution in [-0.4, -0.2) is 0 Å². The molecule has 0 N–H and O–H groups in total. The standard InChI is InChI=1S/C9H12Br2S/c1-6(2)5-8(11)9-7(10)3-4-12-9/h3-4,6,8H,5H2,1-2H3. The zero-order valence-electron chi connectivity index (χ0n) is 7.18. The van der Waals surface area contributed by atoms with Gasteiger partial charge in [0.2, 0.25) is 0 Å². The maximum atomic E-state index is 3.70. The van der Waals surface area contributed by atoms with E-state index in [-0.39, 0.29) is 0 Å². The molecule has 0 aromatic carbocycles. The molecule has 1 aromatic rings. The third-order valence-corrected chi connectivity index (χ3v) is 4.73. The lowest BCUT2D eigenvalue weighted by molar-refractivity contribution is 0.586. The third kappa shape index (κ3) is 2.86. The maximum absolute atomic E-state index is 3.70. The second-order valence-corrected chi connectivity index (χ2v) is 6.14. The second-order valence-electron chi connectivity index (χ2n) is 3.23. The van der Waals surface area contributed by atoms with Crippen LogP contribution in [0.5, 0.6) is 0 Å². The summed E-state index contributed by atoms with van der Waals surface area (Å²) < 4.78 is 1.23. The summed E-state index contributed by atoms with van der Waals surface area (Å²) >= 11 is 9.04. The Morgan fingerprint density at radius 2 is 2.17 bits per heavy atom. The van der Waals surface area contributed by atoms with Gasteiger partial charge in [-0.1, -0.05) is 29.8 Å². The fraction of sp³-hybridized carbons (Fsp3) is 0.556. The van der Waals surface area contributed by atoms with Crippen molar-refractivity contribution in [1.82, 2.24) is 0 Å². The first-order chi connectivity index (χ1) is 5.61. The van der Waals surface area contributed by atoms with Crippen LogP contribution < -0.4 is 0 Å². The molecule has 0 spiro atoms. The van der Waals surface area contributed by atoms with Crippen LogP contribution in [0, 0.1) is 5.92 Å². The van der Waals surface area contributed by atoms with Crippen molar-refractivity contribution < 1.29 is 0 Å². The fourth-order valence-electron chi connectivity index (χ4n) is 1.05. The van der Waals surface area contributed by atoms with E-state index in [0.29, 0.717) is 4.83 Å². The molecule has 0 bridgehead atoms. The molecule has 1 heterocycles. The Morgan fingerprint density at radius 1 is 1.50 bits per heavy atom. The van der Waals surface area contributed by atoms with E-state index >= 15 is 0 Å². The molecule has 0 nitrogen and oxygen atoms in total. The SMILES string of the molecule is CC(C)CC(Br)c1sccc1Br. The van der Waals surface area contributed by atoms with Gasteiger partial charge in [-0.3, -0.25) is 0 Å². The number of alkyl halides is 1. The highest BCUT2D eigenvalue weighted by Crippen LogP contribution is 2.37. The van der Waals surface area contributed by atoms with Crippen LogP contribution in [0.2, 0.25) is 0 Å². The molecule has 0 aliphatic rings. The largest absolute Gasteiger partial charge is 0.147 e. The number of halogens is 2. The molecule has 12 heavy (non-hydrogen) atoms. The molecule has 0 radical (unpaired) electrons. The Hall–Kier alpha value is 0.660. The second kappa shape index (κ2) is 4.77. The fourth-order valence-corrected chi connectivity index (χ4v) is 4.31. The number of hydrogen-bond donors (Lipinski definition) is 0. The van der Waals surface area contributed by atoms with E-state index in [1.165, 1.54) is 15.8 Å². The minimum Gasteiger partial charge on any atom is -0.147 e. The lowest BCUT2D eigenvalue weighted by Crippen LogP contribution is -1.93. The molecule has 68 valence electrons. The van der Waals surface area contributed by atoms with Crippen molar-refractivity contribution in [2.45, 2.75) is 25.1 Å². The highest BCUT2D eigenvalue weighted by molar-refractivity contribution is 9.11. The van der Waals surface area contributed by atoms with Crippen LogP contribution in [0.3, 0.4) is 0 Å². The van der Waals surface area contributed by atoms with Crippen molar-refractivity contribution in [3.8, 4) is 0 Å². The van der Waals surface area contributed by atoms with Gasteiger partial charge in [-0.15, -0.1) is 11.3 Å². The quantitative estimate of drug-likeness (QED) is 0.690. The Labute approximate surface area is 94.6 Å². The zero-order chi connectivity index (χ0) is 9.14. The van der Waals surface area contributed by atoms with E-state index in [4.69, 9.17) is 0 Å². The summed E-state index contributed by atoms with van der Waals surface area (Å²) in [6.07, 6.45) is 1.19. The summed E-state index contributed by atoms with van der Waals surface area (Å²) in [5, 5.41) is 2.12. The molecule has 3 heteroatoms. The molecule has 0 amide bonds. The number of rotatable bonds is 3. The van der Waals surface area contributed by atoms with Gasteiger partial charge in [-0.25, -0.2) is 0 Å². The Kier molecular flexibility index (Phi) is 4.27. The summed E-state index contributed by atoms with van der Waals surface area (Å²) in [7, 11) is 0. The Bertz CT molecular complexity index is 242. The van der Waals surface area contributed by atoms with E-state index in [2.05, 4.69) is 57.2 Å². The van der Waals surface area contributed by atoms with Gasteiger partial charge in [0, 0.05) is 9.35 Å². The van der Waals surface area contributed by atoms with Gasteiger partial charge in [0.15, 0.2) is 0 Å². The van der Waals surface area contributed by atoms with Crippen LogP contribution >= 0.6 is 43.2 Å². The predicted octanol–water partition coefficient (Wildman–Crippen LogP) is 4.99. The molecule has 1 rings (SSSR count). The highest BCUT2D eigenvalue weighted by atomic mass is 79.9. The first kappa shape index (κ1) is 10.7. The molecule has 1 aromatic heterocycles. The van der Waals surface area contributed by atoms with Crippen molar-refractivity contribution >= 4 is 43.2 Å². The molecule has 0 aliphatic heterocycles. The van der Waals surface area contributed by atoms with Crippen molar-refractivity contribution in [3.63, 3.8) is 0 Å². The minimum atomic E-state index is 0.506. The summed E-state index contributed by atoms with van der Waals surface area (Å²) in [6.45, 7) is 4.49. The summed E-state index contributed by atoms with van der Waals surface area (Å²) in [5.41, 5.74) is 0. The molecule has 0 fully saturated rings. The average molecular weight is 312 g/mol. The molecule has 0 saturated carbocycles. The molecule has 0 saturated heterocycles. The van der Waals surface area contributed by atoms with Crippen molar-refractivity contribution in [2.75, 3.05) is 0 Å². The lowest BCUT2D eigenvalue weighted by Gasteiger charge is -2.10. The van der Waals surface area contributed by atoms with Gasteiger partial charge in [0.05, 0.1) is 4.83 Å². The summed E-state index contributed by atoms with van der Waals surface area (Å²) in [4.78, 5) is 1.91. The summed E-state index contributed by atoms with van der Waals surface area (Å²) in [5.74, 6) is 0.739. The molecule has 1 unspecified atom stereocenters. The van der Waals surface area contributed by atoms with E-state index in [1.54, 1.807) is 11.3 Å². The van der Waals surface area contributed by atoms with E-state index < -0.39 is 0 Å². The molecule has 0 aliphatic carbocycles. The van der Waals surface area contributed by atoms with Gasteiger partial charge >= 0.3 is 0 Å². The van der Waals surface area contributed by atoms with E-state index in [0.717, 1.165) is 5.92 Å². The molecular weight excluding hydrogens is 300 g/mol. The van der Waals surface area contributed by atoms with Crippen LogP contribution in [0.4, 0.5) is 0 Å². The zero-order valence-corrected chi connectivity index (χ0v) is 11.2. The first-order valence-corrected chi connectivity index (χ1v) is 6.57. The smallest absolute Gasteiger partial charge is 0.0502 e. The van der Waals surface area contributed by atoms with Crippen LogP contribution in [-0.2, 0) is 0 Å². The monoisotopic (exact) mass is 310 g/mol. The van der Waals surface area contributed by atoms with Crippen LogP contribution in [0.25, 0.3) is 0 Å². The normalized spacial score (nSPS) is 13.8. The van der Waals surface area contributed by atoms with Crippen LogP contribution in [0.1, 0.15) is 30.0 Å². The molecular formula is C9H12Br2S. The molecule has 1 atom stereocenters. The topological polar surface area (TPSA) is 0 Å². The number of hydrogen-bond acceptors (Lipinski definition) is 1. The van der Waals surface area contributed by atoms with Gasteiger partial charge < -0.3 is 0 Å². The third-order valence-electron chi connectivity index (χ3n) is 1.61. The van der Waals surface area contributed by atoms with E-state index in [1.807, 2.05) is 0 Å². The van der Waals surface area contributed by atoms with Gasteiger partial charge in [0.1, 0.15) is 0 Å². The Morgan fingerprint density at radius 3 is 2.58 bits per heavy atom. The predicted molar refractivity (Wildman–Crippen MR) is 63.1 cm³/mol. The maximum Gasteiger partial charge on any atom is 0.0502 e. The van der Waals surface area contributed by atoms with Gasteiger partial charge in [0.25, 0.3) is 0 Å². The van der Waals surface area contributed by atoms with Crippen molar-refractivity contribution in [2.24, 2.45) is 5.92 Å². The van der Waals surface area contributed by atoms with Gasteiger partial charge in [-0.05, 0) is 39.7 Å². The number of thiophene rings is 1. The Balaban J connectivity index is 2.65. The van der Waals surface area contributed by atoms with Gasteiger partial charge in [-0.2, -0.15) is 0 Å². The minimum absolute atomic E-state index is 0.506. The van der Waals surface area contributed by atoms with Crippen molar-refractivity contribution in [1.29, 1.82) is 0 Å². The summed E-state index contributed by atoms with van der Waals surface area (Å²) in [6, 6.07) is 2.11. The average Bonchev–Trinajstić information content (AvgIpc) is 2.33. The lowest BCUT2D eigenvalue weighted by atomic mass is 10.1. The van der Waals surface area contributed by atoms with Crippen molar-refractivity contribution in [3.05, 3.63) is 20.8 Å². The first-order valence-electron chi connectivity index (χ1n) is 3.98. The van der Waals surface area contributed by atoms with Crippen LogP contribution in [0.15, 0.2) is 15.9 Å². The highest BCUT2D eigenvalue weighted by Gasteiger charge is 2.13.